The van der Waals surface area contributed by atoms with Crippen molar-refractivity contribution in [2.45, 2.75) is 19.2 Å². The lowest BCUT2D eigenvalue weighted by molar-refractivity contribution is -0.137. The second-order valence-corrected chi connectivity index (χ2v) is 4.82. The molecule has 0 amide bonds. The molecule has 0 saturated heterocycles. The van der Waals surface area contributed by atoms with Crippen molar-refractivity contribution in [2.75, 3.05) is 32.5 Å². The summed E-state index contributed by atoms with van der Waals surface area (Å²) in [6, 6.07) is 3.54. The standard InChI is InChI=1S/C13H19F3N2O/c1-9-4-5-10(13(14,15)16)6-12(9)17-7-11(19)8-18(2)3/h4-6,11,17,19H,7-8H2,1-3H3. The number of hydrogen-bond acceptors (Lipinski definition) is 3. The third-order valence-electron chi connectivity index (χ3n) is 2.67. The summed E-state index contributed by atoms with van der Waals surface area (Å²) in [6.07, 6.45) is -4.99. The second kappa shape index (κ2) is 6.25. The smallest absolute Gasteiger partial charge is 0.390 e. The Labute approximate surface area is 111 Å². The van der Waals surface area contributed by atoms with E-state index in [2.05, 4.69) is 5.32 Å². The highest BCUT2D eigenvalue weighted by atomic mass is 19.4. The maximum atomic E-state index is 12.6. The minimum absolute atomic E-state index is 0.209. The first-order valence-corrected chi connectivity index (χ1v) is 5.94. The molecular formula is C13H19F3N2O. The highest BCUT2D eigenvalue weighted by Crippen LogP contribution is 2.31. The maximum absolute atomic E-state index is 12.6. The van der Waals surface area contributed by atoms with Crippen LogP contribution in [0.1, 0.15) is 11.1 Å². The Balaban J connectivity index is 2.72. The molecule has 1 rings (SSSR count). The third-order valence-corrected chi connectivity index (χ3v) is 2.67. The number of halogens is 3. The van der Waals surface area contributed by atoms with Crippen molar-refractivity contribution in [3.8, 4) is 0 Å². The van der Waals surface area contributed by atoms with Gasteiger partial charge in [0.1, 0.15) is 0 Å². The van der Waals surface area contributed by atoms with Gasteiger partial charge in [0.05, 0.1) is 11.7 Å². The van der Waals surface area contributed by atoms with Crippen LogP contribution in [0, 0.1) is 6.92 Å². The Morgan fingerprint density at radius 1 is 1.32 bits per heavy atom. The summed E-state index contributed by atoms with van der Waals surface area (Å²) >= 11 is 0. The van der Waals surface area contributed by atoms with Gasteiger partial charge in [0, 0.05) is 18.8 Å². The minimum Gasteiger partial charge on any atom is -0.390 e. The van der Waals surface area contributed by atoms with Gasteiger partial charge in [-0.2, -0.15) is 13.2 Å². The van der Waals surface area contributed by atoms with E-state index < -0.39 is 17.8 Å². The van der Waals surface area contributed by atoms with Crippen LogP contribution >= 0.6 is 0 Å². The number of anilines is 1. The van der Waals surface area contributed by atoms with Crippen LogP contribution in [0.4, 0.5) is 18.9 Å². The van der Waals surface area contributed by atoms with Crippen LogP contribution in [0.25, 0.3) is 0 Å². The molecule has 2 N–H and O–H groups in total. The monoisotopic (exact) mass is 276 g/mol. The van der Waals surface area contributed by atoms with Gasteiger partial charge in [-0.15, -0.1) is 0 Å². The molecule has 0 bridgehead atoms. The van der Waals surface area contributed by atoms with Gasteiger partial charge in [0.15, 0.2) is 0 Å². The van der Waals surface area contributed by atoms with Gasteiger partial charge in [-0.1, -0.05) is 6.07 Å². The summed E-state index contributed by atoms with van der Waals surface area (Å²) in [4.78, 5) is 1.81. The lowest BCUT2D eigenvalue weighted by Crippen LogP contribution is -2.31. The lowest BCUT2D eigenvalue weighted by atomic mass is 10.1. The molecule has 0 heterocycles. The van der Waals surface area contributed by atoms with E-state index in [-0.39, 0.29) is 6.54 Å². The largest absolute Gasteiger partial charge is 0.416 e. The number of aliphatic hydroxyl groups is 1. The molecule has 0 aromatic heterocycles. The highest BCUT2D eigenvalue weighted by Gasteiger charge is 2.30. The Hall–Kier alpha value is -1.27. The van der Waals surface area contributed by atoms with Crippen molar-refractivity contribution in [3.05, 3.63) is 29.3 Å². The zero-order valence-electron chi connectivity index (χ0n) is 11.3. The molecule has 0 spiro atoms. The van der Waals surface area contributed by atoms with Crippen LogP contribution in [0.5, 0.6) is 0 Å². The van der Waals surface area contributed by atoms with Crippen molar-refractivity contribution >= 4 is 5.69 Å². The van der Waals surface area contributed by atoms with Gasteiger partial charge < -0.3 is 15.3 Å². The Morgan fingerprint density at radius 3 is 2.47 bits per heavy atom. The van der Waals surface area contributed by atoms with Crippen molar-refractivity contribution in [1.82, 2.24) is 4.90 Å². The van der Waals surface area contributed by atoms with E-state index in [1.54, 1.807) is 6.92 Å². The quantitative estimate of drug-likeness (QED) is 0.866. The van der Waals surface area contributed by atoms with E-state index in [1.165, 1.54) is 6.07 Å². The Kier molecular flexibility index (Phi) is 5.20. The Bertz CT molecular complexity index is 419. The van der Waals surface area contributed by atoms with Crippen LogP contribution in [0.3, 0.4) is 0 Å². The lowest BCUT2D eigenvalue weighted by Gasteiger charge is -2.18. The summed E-state index contributed by atoms with van der Waals surface area (Å²) in [6.45, 7) is 2.38. The van der Waals surface area contributed by atoms with E-state index in [0.717, 1.165) is 12.1 Å². The number of alkyl halides is 3. The van der Waals surface area contributed by atoms with Crippen molar-refractivity contribution in [3.63, 3.8) is 0 Å². The van der Waals surface area contributed by atoms with E-state index in [9.17, 15) is 18.3 Å². The van der Waals surface area contributed by atoms with Crippen molar-refractivity contribution in [1.29, 1.82) is 0 Å². The van der Waals surface area contributed by atoms with Gasteiger partial charge in [-0.05, 0) is 38.7 Å². The molecule has 1 aromatic rings. The topological polar surface area (TPSA) is 35.5 Å². The number of aliphatic hydroxyl groups excluding tert-OH is 1. The normalized spacial score (nSPS) is 13.7. The molecule has 0 aliphatic heterocycles. The molecule has 1 atom stereocenters. The number of aryl methyl sites for hydroxylation is 1. The van der Waals surface area contributed by atoms with Gasteiger partial charge in [0.25, 0.3) is 0 Å². The average molecular weight is 276 g/mol. The molecule has 1 aromatic carbocycles. The molecule has 0 aliphatic carbocycles. The number of nitrogens with one attached hydrogen (secondary N) is 1. The van der Waals surface area contributed by atoms with Gasteiger partial charge in [0.2, 0.25) is 0 Å². The Morgan fingerprint density at radius 2 is 1.95 bits per heavy atom. The van der Waals surface area contributed by atoms with Crippen LogP contribution in [0.15, 0.2) is 18.2 Å². The van der Waals surface area contributed by atoms with E-state index in [0.29, 0.717) is 17.8 Å². The first-order chi connectivity index (χ1) is 8.70. The van der Waals surface area contributed by atoms with Gasteiger partial charge >= 0.3 is 6.18 Å². The molecule has 19 heavy (non-hydrogen) atoms. The predicted molar refractivity (Wildman–Crippen MR) is 69.2 cm³/mol. The fourth-order valence-corrected chi connectivity index (χ4v) is 1.70. The molecule has 108 valence electrons. The average Bonchev–Trinajstić information content (AvgIpc) is 2.25. The third kappa shape index (κ3) is 5.08. The number of rotatable bonds is 5. The number of benzene rings is 1. The fourth-order valence-electron chi connectivity index (χ4n) is 1.70. The first kappa shape index (κ1) is 15.8. The first-order valence-electron chi connectivity index (χ1n) is 5.94. The summed E-state index contributed by atoms with van der Waals surface area (Å²) < 4.78 is 37.8. The predicted octanol–water partition coefficient (Wildman–Crippen LogP) is 2.35. The van der Waals surface area contributed by atoms with E-state index >= 15 is 0 Å². The van der Waals surface area contributed by atoms with Crippen LogP contribution in [-0.2, 0) is 6.18 Å². The second-order valence-electron chi connectivity index (χ2n) is 4.82. The van der Waals surface area contributed by atoms with Crippen LogP contribution < -0.4 is 5.32 Å². The highest BCUT2D eigenvalue weighted by molar-refractivity contribution is 5.53. The molecule has 0 fully saturated rings. The van der Waals surface area contributed by atoms with Crippen LogP contribution in [-0.4, -0.2) is 43.3 Å². The molecular weight excluding hydrogens is 257 g/mol. The molecule has 0 saturated carbocycles. The summed E-state index contributed by atoms with van der Waals surface area (Å²) in [5, 5.41) is 12.5. The maximum Gasteiger partial charge on any atom is 0.416 e. The molecule has 6 heteroatoms. The minimum atomic E-state index is -4.35. The SMILES string of the molecule is Cc1ccc(C(F)(F)F)cc1NCC(O)CN(C)C. The molecule has 3 nitrogen and oxygen atoms in total. The zero-order chi connectivity index (χ0) is 14.6. The summed E-state index contributed by atoms with van der Waals surface area (Å²) in [7, 11) is 3.64. The van der Waals surface area contributed by atoms with E-state index in [4.69, 9.17) is 0 Å². The molecule has 0 radical (unpaired) electrons. The number of nitrogens with zero attached hydrogens (tertiary/aromatic N) is 1. The van der Waals surface area contributed by atoms with Crippen molar-refractivity contribution in [2.24, 2.45) is 0 Å². The van der Waals surface area contributed by atoms with Gasteiger partial charge in [-0.3, -0.25) is 0 Å². The fraction of sp³-hybridized carbons (Fsp3) is 0.538. The van der Waals surface area contributed by atoms with Crippen LogP contribution in [0.2, 0.25) is 0 Å². The molecule has 0 aliphatic rings. The number of likely N-dealkylation sites (N-methyl/N-ethyl adjacent to an activating group) is 1. The molecule has 1 unspecified atom stereocenters. The number of hydrogen-bond donors (Lipinski definition) is 2. The van der Waals surface area contributed by atoms with E-state index in [1.807, 2.05) is 19.0 Å². The summed E-state index contributed by atoms with van der Waals surface area (Å²) in [5.74, 6) is 0. The zero-order valence-corrected chi connectivity index (χ0v) is 11.3. The van der Waals surface area contributed by atoms with Gasteiger partial charge in [-0.25, -0.2) is 0 Å². The summed E-state index contributed by atoms with van der Waals surface area (Å²) in [5.41, 5.74) is 0.417. The van der Waals surface area contributed by atoms with Crippen molar-refractivity contribution < 1.29 is 18.3 Å².